The molecule has 4 N–H and O–H groups in total. The van der Waals surface area contributed by atoms with Gasteiger partial charge in [0.25, 0.3) is 0 Å². The third kappa shape index (κ3) is 3.49. The number of aliphatic hydroxyl groups is 3. The summed E-state index contributed by atoms with van der Waals surface area (Å²) in [7, 11) is 0. The molecule has 0 spiro atoms. The van der Waals surface area contributed by atoms with Crippen LogP contribution >= 0.6 is 0 Å². The Kier molecular flexibility index (Phi) is 6.19. The Bertz CT molecular complexity index is 1530. The normalized spacial score (nSPS) is 31.3. The van der Waals surface area contributed by atoms with Crippen LogP contribution in [0.15, 0.2) is 70.8 Å². The number of hydrogen-bond acceptors (Lipinski definition) is 7. The second-order valence-corrected chi connectivity index (χ2v) is 12.7. The van der Waals surface area contributed by atoms with Crippen LogP contribution in [0.3, 0.4) is 0 Å². The average Bonchev–Trinajstić information content (AvgIpc) is 3.38. The monoisotopic (exact) mass is 544 g/mol. The number of carbonyl (C=O) groups is 3. The summed E-state index contributed by atoms with van der Waals surface area (Å²) in [6, 6.07) is 3.22. The van der Waals surface area contributed by atoms with Gasteiger partial charge in [-0.15, -0.1) is 0 Å². The maximum atomic E-state index is 14.1. The lowest BCUT2D eigenvalue weighted by molar-refractivity contribution is -0.171. The SMILES string of the molecule is C=C(Cc1ccc(O)c2c1C[C@]1(C)C[C@]3(C)C(C(C)C)C(O)=C(C(C)=O)C(=O)[C@]3(O)C(O)=C1C2=O)C1=CC=CC1. The van der Waals surface area contributed by atoms with Gasteiger partial charge in [-0.2, -0.15) is 0 Å². The van der Waals surface area contributed by atoms with E-state index in [2.05, 4.69) is 6.58 Å². The zero-order valence-corrected chi connectivity index (χ0v) is 23.6. The minimum Gasteiger partial charge on any atom is -0.511 e. The highest BCUT2D eigenvalue weighted by Crippen LogP contribution is 2.65. The standard InChI is InChI=1S/C33H36O7/c1-16(2)25-27(36)23(18(4)34)29(38)33(40)30(39)26-28(37)24-21(14-31(26,5)15-32(25,33)6)20(11-12-22(24)35)13-17(3)19-9-7-8-10-19/h7-9,11-12,16,25,35-36,39-40H,3,10,13-15H2,1-2,4-6H3/t25?,31-,32-,33+/m1/s1. The summed E-state index contributed by atoms with van der Waals surface area (Å²) in [5, 5.41) is 46.0. The van der Waals surface area contributed by atoms with Crippen molar-refractivity contribution in [3.63, 3.8) is 0 Å². The van der Waals surface area contributed by atoms with Crippen molar-refractivity contribution >= 4 is 17.3 Å². The van der Waals surface area contributed by atoms with E-state index in [0.717, 1.165) is 30.1 Å². The minimum atomic E-state index is -2.61. The van der Waals surface area contributed by atoms with E-state index in [9.17, 15) is 34.8 Å². The maximum absolute atomic E-state index is 14.1. The molecule has 40 heavy (non-hydrogen) atoms. The van der Waals surface area contributed by atoms with Crippen molar-refractivity contribution in [2.75, 3.05) is 0 Å². The first-order valence-corrected chi connectivity index (χ1v) is 13.7. The highest BCUT2D eigenvalue weighted by molar-refractivity contribution is 6.25. The number of benzene rings is 1. The average molecular weight is 545 g/mol. The summed E-state index contributed by atoms with van der Waals surface area (Å²) < 4.78 is 0. The van der Waals surface area contributed by atoms with Crippen LogP contribution in [0.5, 0.6) is 5.75 Å². The van der Waals surface area contributed by atoms with Crippen molar-refractivity contribution in [3.8, 4) is 5.75 Å². The van der Waals surface area contributed by atoms with Gasteiger partial charge in [0, 0.05) is 22.3 Å². The fraction of sp³-hybridized carbons (Fsp3) is 0.424. The first-order valence-electron chi connectivity index (χ1n) is 13.7. The van der Waals surface area contributed by atoms with E-state index in [1.807, 2.05) is 32.1 Å². The Morgan fingerprint density at radius 2 is 1.82 bits per heavy atom. The molecule has 4 aliphatic carbocycles. The number of aromatic hydroxyl groups is 1. The Balaban J connectivity index is 1.72. The molecule has 0 aliphatic heterocycles. The summed E-state index contributed by atoms with van der Waals surface area (Å²) in [5.41, 5.74) is -2.32. The Morgan fingerprint density at radius 3 is 2.40 bits per heavy atom. The topological polar surface area (TPSA) is 132 Å². The summed E-state index contributed by atoms with van der Waals surface area (Å²) in [5.74, 6) is -5.14. The number of hydrogen-bond donors (Lipinski definition) is 4. The predicted octanol–water partition coefficient (Wildman–Crippen LogP) is 5.33. The zero-order chi connectivity index (χ0) is 29.5. The lowest BCUT2D eigenvalue weighted by Crippen LogP contribution is -2.67. The number of fused-ring (bicyclic) bond motifs is 3. The third-order valence-corrected chi connectivity index (χ3v) is 9.62. The lowest BCUT2D eigenvalue weighted by Gasteiger charge is -2.59. The van der Waals surface area contributed by atoms with Crippen LogP contribution in [0.25, 0.3) is 0 Å². The van der Waals surface area contributed by atoms with Crippen molar-refractivity contribution in [2.24, 2.45) is 22.7 Å². The van der Waals surface area contributed by atoms with Crippen molar-refractivity contribution in [1.82, 2.24) is 0 Å². The molecule has 7 nitrogen and oxygen atoms in total. The Hall–Kier alpha value is -3.71. The summed E-state index contributed by atoms with van der Waals surface area (Å²) in [6.07, 6.45) is 7.57. The van der Waals surface area contributed by atoms with Gasteiger partial charge in [0.05, 0.1) is 5.56 Å². The molecule has 4 atom stereocenters. The van der Waals surface area contributed by atoms with Gasteiger partial charge in [0.15, 0.2) is 17.2 Å². The Labute approximate surface area is 233 Å². The largest absolute Gasteiger partial charge is 0.511 e. The van der Waals surface area contributed by atoms with Crippen molar-refractivity contribution < 1.29 is 34.8 Å². The molecule has 0 saturated carbocycles. The van der Waals surface area contributed by atoms with Gasteiger partial charge >= 0.3 is 0 Å². The smallest absolute Gasteiger partial charge is 0.209 e. The molecule has 1 aromatic carbocycles. The molecule has 0 bridgehead atoms. The van der Waals surface area contributed by atoms with Gasteiger partial charge in [-0.05, 0) is 66.9 Å². The summed E-state index contributed by atoms with van der Waals surface area (Å²) >= 11 is 0. The number of phenolic OH excluding ortho intramolecular Hbond substituents is 1. The Morgan fingerprint density at radius 1 is 1.15 bits per heavy atom. The molecule has 4 aliphatic rings. The van der Waals surface area contributed by atoms with Crippen molar-refractivity contribution in [2.45, 2.75) is 65.9 Å². The molecule has 210 valence electrons. The number of phenols is 1. The highest BCUT2D eigenvalue weighted by Gasteiger charge is 2.71. The third-order valence-electron chi connectivity index (χ3n) is 9.62. The first-order chi connectivity index (χ1) is 18.6. The van der Waals surface area contributed by atoms with Crippen LogP contribution in [0.1, 0.15) is 68.9 Å². The number of aliphatic hydroxyl groups excluding tert-OH is 2. The predicted molar refractivity (Wildman–Crippen MR) is 150 cm³/mol. The quantitative estimate of drug-likeness (QED) is 0.368. The number of rotatable bonds is 5. The fourth-order valence-corrected chi connectivity index (χ4v) is 8.01. The fourth-order valence-electron chi connectivity index (χ4n) is 8.01. The van der Waals surface area contributed by atoms with Gasteiger partial charge in [0.1, 0.15) is 22.8 Å². The number of Topliss-reactive ketones (excluding diaryl/α,β-unsaturated/α-hetero) is 3. The molecule has 5 rings (SSSR count). The van der Waals surface area contributed by atoms with E-state index in [1.165, 1.54) is 6.07 Å². The van der Waals surface area contributed by atoms with Gasteiger partial charge in [0.2, 0.25) is 5.78 Å². The van der Waals surface area contributed by atoms with Gasteiger partial charge in [-0.25, -0.2) is 0 Å². The van der Waals surface area contributed by atoms with E-state index in [-0.39, 0.29) is 35.6 Å². The lowest BCUT2D eigenvalue weighted by atomic mass is 9.44. The van der Waals surface area contributed by atoms with Gasteiger partial charge in [-0.3, -0.25) is 14.4 Å². The molecule has 0 aromatic heterocycles. The molecule has 0 saturated heterocycles. The first kappa shape index (κ1) is 27.8. The maximum Gasteiger partial charge on any atom is 0.209 e. The zero-order valence-electron chi connectivity index (χ0n) is 23.6. The molecule has 1 aromatic rings. The van der Waals surface area contributed by atoms with Crippen LogP contribution in [-0.4, -0.2) is 43.4 Å². The molecule has 0 amide bonds. The number of ketones is 3. The van der Waals surface area contributed by atoms with Gasteiger partial charge in [-0.1, -0.05) is 58.6 Å². The van der Waals surface area contributed by atoms with Crippen LogP contribution < -0.4 is 0 Å². The van der Waals surface area contributed by atoms with E-state index in [1.54, 1.807) is 19.9 Å². The molecule has 7 heteroatoms. The second-order valence-electron chi connectivity index (χ2n) is 12.7. The van der Waals surface area contributed by atoms with Crippen molar-refractivity contribution in [1.29, 1.82) is 0 Å². The molecule has 0 fully saturated rings. The highest BCUT2D eigenvalue weighted by atomic mass is 16.3. The van der Waals surface area contributed by atoms with Crippen LogP contribution in [0.4, 0.5) is 0 Å². The van der Waals surface area contributed by atoms with E-state index < -0.39 is 56.8 Å². The van der Waals surface area contributed by atoms with Crippen molar-refractivity contribution in [3.05, 3.63) is 87.4 Å². The molecule has 0 heterocycles. The molecule has 1 unspecified atom stereocenters. The summed E-state index contributed by atoms with van der Waals surface area (Å²) in [4.78, 5) is 40.4. The molecular weight excluding hydrogens is 508 g/mol. The molecule has 0 radical (unpaired) electrons. The van der Waals surface area contributed by atoms with Crippen LogP contribution in [0, 0.1) is 22.7 Å². The van der Waals surface area contributed by atoms with Crippen LogP contribution in [0.2, 0.25) is 0 Å². The molecular formula is C33H36O7. The summed E-state index contributed by atoms with van der Waals surface area (Å²) in [6.45, 7) is 12.4. The van der Waals surface area contributed by atoms with E-state index >= 15 is 0 Å². The van der Waals surface area contributed by atoms with E-state index in [0.29, 0.717) is 12.0 Å². The van der Waals surface area contributed by atoms with Crippen LogP contribution in [-0.2, 0) is 22.4 Å². The minimum absolute atomic E-state index is 0.0314. The second kappa shape index (κ2) is 8.90. The number of allylic oxidation sites excluding steroid dienone is 7. The number of carbonyl (C=O) groups excluding carboxylic acids is 3. The van der Waals surface area contributed by atoms with Gasteiger partial charge < -0.3 is 20.4 Å². The van der Waals surface area contributed by atoms with E-state index in [4.69, 9.17) is 0 Å².